The minimum Gasteiger partial charge on any atom is -0.309 e. The van der Waals surface area contributed by atoms with Crippen LogP contribution in [0.5, 0.6) is 0 Å². The first-order valence-corrected chi connectivity index (χ1v) is 4.35. The molecule has 0 unspecified atom stereocenters. The van der Waals surface area contributed by atoms with E-state index in [1.807, 2.05) is 6.20 Å². The third-order valence-electron chi connectivity index (χ3n) is 2.69. The van der Waals surface area contributed by atoms with Gasteiger partial charge < -0.3 is 10.6 Å². The van der Waals surface area contributed by atoms with Gasteiger partial charge >= 0.3 is 0 Å². The van der Waals surface area contributed by atoms with Crippen LogP contribution in [-0.4, -0.2) is 4.98 Å². The molecule has 2 N–H and O–H groups in total. The second kappa shape index (κ2) is 2.28. The summed E-state index contributed by atoms with van der Waals surface area (Å²) < 4.78 is 0. The lowest BCUT2D eigenvalue weighted by molar-refractivity contribution is 0.741. The fraction of sp³-hybridized carbons (Fsp3) is 0.444. The summed E-state index contributed by atoms with van der Waals surface area (Å²) in [7, 11) is 0. The molecule has 3 nitrogen and oxygen atoms in total. The highest BCUT2D eigenvalue weighted by atomic mass is 15.0. The maximum absolute atomic E-state index is 4.43. The molecule has 0 atom stereocenters. The molecule has 1 aromatic rings. The van der Waals surface area contributed by atoms with Crippen LogP contribution in [-0.2, 0) is 26.2 Å². The highest BCUT2D eigenvalue weighted by Crippen LogP contribution is 2.24. The number of hydrogen-bond acceptors (Lipinski definition) is 3. The summed E-state index contributed by atoms with van der Waals surface area (Å²) >= 11 is 0. The Balaban J connectivity index is 2.24. The first-order valence-electron chi connectivity index (χ1n) is 4.35. The van der Waals surface area contributed by atoms with Gasteiger partial charge in [-0.1, -0.05) is 0 Å². The second-order valence-electron chi connectivity index (χ2n) is 3.39. The number of aromatic nitrogens is 1. The van der Waals surface area contributed by atoms with E-state index in [0.717, 1.165) is 26.2 Å². The van der Waals surface area contributed by atoms with E-state index in [-0.39, 0.29) is 0 Å². The Labute approximate surface area is 71.2 Å². The van der Waals surface area contributed by atoms with Crippen LogP contribution in [0.15, 0.2) is 6.20 Å². The number of hydrogen-bond donors (Lipinski definition) is 2. The largest absolute Gasteiger partial charge is 0.309 e. The van der Waals surface area contributed by atoms with Crippen molar-refractivity contribution >= 4 is 0 Å². The molecule has 0 fully saturated rings. The zero-order valence-corrected chi connectivity index (χ0v) is 6.85. The van der Waals surface area contributed by atoms with Crippen molar-refractivity contribution in [1.29, 1.82) is 0 Å². The topological polar surface area (TPSA) is 37.0 Å². The second-order valence-corrected chi connectivity index (χ2v) is 3.39. The third kappa shape index (κ3) is 0.750. The van der Waals surface area contributed by atoms with Crippen LogP contribution in [0.1, 0.15) is 22.4 Å². The van der Waals surface area contributed by atoms with Crippen LogP contribution in [0.2, 0.25) is 0 Å². The van der Waals surface area contributed by atoms with Gasteiger partial charge in [0.25, 0.3) is 0 Å². The molecule has 0 saturated heterocycles. The van der Waals surface area contributed by atoms with E-state index in [4.69, 9.17) is 0 Å². The van der Waals surface area contributed by atoms with E-state index in [1.54, 1.807) is 0 Å². The molecule has 2 aliphatic heterocycles. The Morgan fingerprint density at radius 3 is 2.83 bits per heavy atom. The van der Waals surface area contributed by atoms with Gasteiger partial charge in [0.05, 0.1) is 5.69 Å². The molecule has 0 aliphatic carbocycles. The van der Waals surface area contributed by atoms with Crippen molar-refractivity contribution in [3.8, 4) is 0 Å². The molecule has 0 aromatic carbocycles. The van der Waals surface area contributed by atoms with E-state index < -0.39 is 0 Å². The predicted molar refractivity (Wildman–Crippen MR) is 45.3 cm³/mol. The van der Waals surface area contributed by atoms with Gasteiger partial charge in [-0.2, -0.15) is 0 Å². The monoisotopic (exact) mass is 161 g/mol. The number of pyridine rings is 1. The van der Waals surface area contributed by atoms with Gasteiger partial charge in [0, 0.05) is 32.4 Å². The van der Waals surface area contributed by atoms with E-state index in [1.165, 1.54) is 22.4 Å². The summed E-state index contributed by atoms with van der Waals surface area (Å²) in [6.07, 6.45) is 2.02. The summed E-state index contributed by atoms with van der Waals surface area (Å²) in [6.45, 7) is 3.98. The molecule has 1 aromatic heterocycles. The summed E-state index contributed by atoms with van der Waals surface area (Å²) in [5.41, 5.74) is 5.57. The average molecular weight is 161 g/mol. The van der Waals surface area contributed by atoms with E-state index in [2.05, 4.69) is 15.6 Å². The van der Waals surface area contributed by atoms with Gasteiger partial charge in [-0.25, -0.2) is 0 Å². The number of nitrogens with one attached hydrogen (secondary N) is 2. The molecular formula is C9H11N3. The minimum absolute atomic E-state index is 0.947. The predicted octanol–water partition coefficient (Wildman–Crippen LogP) is 0.288. The third-order valence-corrected chi connectivity index (χ3v) is 2.69. The van der Waals surface area contributed by atoms with Crippen LogP contribution in [0.4, 0.5) is 0 Å². The van der Waals surface area contributed by atoms with Crippen molar-refractivity contribution in [3.05, 3.63) is 28.6 Å². The highest BCUT2D eigenvalue weighted by molar-refractivity contribution is 5.40. The molecular weight excluding hydrogens is 150 g/mol. The van der Waals surface area contributed by atoms with Gasteiger partial charge in [-0.15, -0.1) is 0 Å². The van der Waals surface area contributed by atoms with Crippen LogP contribution in [0.25, 0.3) is 0 Å². The lowest BCUT2D eigenvalue weighted by Crippen LogP contribution is -2.03. The van der Waals surface area contributed by atoms with Crippen molar-refractivity contribution in [1.82, 2.24) is 15.6 Å². The molecule has 0 spiro atoms. The zero-order valence-electron chi connectivity index (χ0n) is 6.85. The number of nitrogens with zero attached hydrogens (tertiary/aromatic N) is 1. The molecule has 3 heterocycles. The quantitative estimate of drug-likeness (QED) is 0.574. The maximum atomic E-state index is 4.43. The van der Waals surface area contributed by atoms with Gasteiger partial charge in [0.1, 0.15) is 0 Å². The lowest BCUT2D eigenvalue weighted by atomic mass is 10.1. The van der Waals surface area contributed by atoms with Crippen molar-refractivity contribution in [3.63, 3.8) is 0 Å². The maximum Gasteiger partial charge on any atom is 0.0590 e. The number of fused-ring (bicyclic) bond motifs is 3. The molecule has 0 radical (unpaired) electrons. The number of rotatable bonds is 0. The van der Waals surface area contributed by atoms with Gasteiger partial charge in [-0.3, -0.25) is 4.98 Å². The zero-order chi connectivity index (χ0) is 7.97. The smallest absolute Gasteiger partial charge is 0.0590 e. The normalized spacial score (nSPS) is 19.3. The van der Waals surface area contributed by atoms with Crippen LogP contribution in [0, 0.1) is 0 Å². The van der Waals surface area contributed by atoms with Crippen LogP contribution in [0.3, 0.4) is 0 Å². The Kier molecular flexibility index (Phi) is 1.25. The Morgan fingerprint density at radius 2 is 1.83 bits per heavy atom. The van der Waals surface area contributed by atoms with Crippen LogP contribution < -0.4 is 10.6 Å². The molecule has 0 amide bonds. The van der Waals surface area contributed by atoms with Gasteiger partial charge in [0.2, 0.25) is 0 Å². The first kappa shape index (κ1) is 6.57. The van der Waals surface area contributed by atoms with Crippen molar-refractivity contribution < 1.29 is 0 Å². The molecule has 2 aliphatic rings. The molecule has 0 bridgehead atoms. The summed E-state index contributed by atoms with van der Waals surface area (Å²) in [5, 5.41) is 6.68. The molecule has 62 valence electrons. The lowest BCUT2D eigenvalue weighted by Gasteiger charge is -2.03. The van der Waals surface area contributed by atoms with Crippen molar-refractivity contribution in [2.45, 2.75) is 26.2 Å². The van der Waals surface area contributed by atoms with Crippen molar-refractivity contribution in [2.75, 3.05) is 0 Å². The summed E-state index contributed by atoms with van der Waals surface area (Å²) in [4.78, 5) is 4.43. The standard InChI is InChI=1S/C9H11N3/c1-6-2-12-9-5-11-4-8(9)7(6)3-10-1/h2,10-11H,1,3-5H2. The first-order chi connectivity index (χ1) is 5.95. The van der Waals surface area contributed by atoms with Gasteiger partial charge in [-0.05, 0) is 16.7 Å². The Bertz CT molecular complexity index is 300. The Hall–Kier alpha value is -0.930. The van der Waals surface area contributed by atoms with E-state index >= 15 is 0 Å². The van der Waals surface area contributed by atoms with E-state index in [9.17, 15) is 0 Å². The van der Waals surface area contributed by atoms with Gasteiger partial charge in [0.15, 0.2) is 0 Å². The molecule has 3 rings (SSSR count). The molecule has 0 saturated carbocycles. The fourth-order valence-electron chi connectivity index (χ4n) is 2.04. The SMILES string of the molecule is c1nc2c(c3c1CNC3)CNC2. The van der Waals surface area contributed by atoms with Crippen LogP contribution >= 0.6 is 0 Å². The Morgan fingerprint density at radius 1 is 1.00 bits per heavy atom. The highest BCUT2D eigenvalue weighted by Gasteiger charge is 2.20. The molecule has 3 heteroatoms. The minimum atomic E-state index is 0.947. The van der Waals surface area contributed by atoms with Crippen molar-refractivity contribution in [2.24, 2.45) is 0 Å². The fourth-order valence-corrected chi connectivity index (χ4v) is 2.04. The average Bonchev–Trinajstić information content (AvgIpc) is 2.71. The molecule has 12 heavy (non-hydrogen) atoms. The summed E-state index contributed by atoms with van der Waals surface area (Å²) in [6, 6.07) is 0. The summed E-state index contributed by atoms with van der Waals surface area (Å²) in [5.74, 6) is 0. The van der Waals surface area contributed by atoms with E-state index in [0.29, 0.717) is 0 Å².